The Balaban J connectivity index is 1.76. The van der Waals surface area contributed by atoms with Crippen LogP contribution in [0.4, 0.5) is 9.52 Å². The van der Waals surface area contributed by atoms with Crippen LogP contribution in [0, 0.1) is 19.7 Å². The molecule has 148 valence electrons. The molecule has 0 unspecified atom stereocenters. The number of nitrogens with one attached hydrogen (secondary N) is 2. The number of carbonyl (C=O) groups excluding carboxylic acids is 2. The molecule has 3 aromatic rings. The molecule has 7 heteroatoms. The molecule has 0 spiro atoms. The second-order valence-electron chi connectivity index (χ2n) is 7.22. The van der Waals surface area contributed by atoms with Gasteiger partial charge < -0.3 is 5.32 Å². The molecule has 1 saturated carbocycles. The lowest BCUT2D eigenvalue weighted by Crippen LogP contribution is -2.25. The maximum absolute atomic E-state index is 14.7. The predicted octanol–water partition coefficient (Wildman–Crippen LogP) is 4.71. The van der Waals surface area contributed by atoms with Crippen molar-refractivity contribution in [2.24, 2.45) is 0 Å². The number of rotatable bonds is 5. The van der Waals surface area contributed by atoms with E-state index >= 15 is 0 Å². The Bertz CT molecular complexity index is 1090. The molecule has 29 heavy (non-hydrogen) atoms. The van der Waals surface area contributed by atoms with Crippen molar-refractivity contribution in [1.29, 1.82) is 0 Å². The van der Waals surface area contributed by atoms with Gasteiger partial charge in [0.2, 0.25) is 0 Å². The van der Waals surface area contributed by atoms with Gasteiger partial charge in [0.15, 0.2) is 5.13 Å². The summed E-state index contributed by atoms with van der Waals surface area (Å²) in [6.45, 7) is 3.53. The average Bonchev–Trinajstić information content (AvgIpc) is 3.36. The summed E-state index contributed by atoms with van der Waals surface area (Å²) in [5, 5.41) is 7.92. The first-order chi connectivity index (χ1) is 13.9. The number of halogens is 1. The van der Waals surface area contributed by atoms with Crippen molar-refractivity contribution in [3.05, 3.63) is 70.0 Å². The SMILES string of the molecule is Cc1ccc(-c2cc(C(=O)NC3CC3)cc(F)c2C)c(C(=O)Nc2nccs2)c1. The van der Waals surface area contributed by atoms with Gasteiger partial charge in [0.1, 0.15) is 5.82 Å². The number of carbonyl (C=O) groups is 2. The number of anilines is 1. The van der Waals surface area contributed by atoms with E-state index in [2.05, 4.69) is 15.6 Å². The van der Waals surface area contributed by atoms with Crippen molar-refractivity contribution >= 4 is 28.3 Å². The van der Waals surface area contributed by atoms with E-state index < -0.39 is 5.82 Å². The van der Waals surface area contributed by atoms with Gasteiger partial charge in [-0.05, 0) is 61.6 Å². The van der Waals surface area contributed by atoms with Crippen molar-refractivity contribution in [1.82, 2.24) is 10.3 Å². The van der Waals surface area contributed by atoms with Crippen LogP contribution in [0.3, 0.4) is 0 Å². The van der Waals surface area contributed by atoms with Crippen LogP contribution in [0.15, 0.2) is 41.9 Å². The lowest BCUT2D eigenvalue weighted by molar-refractivity contribution is 0.0950. The number of aryl methyl sites for hydroxylation is 1. The van der Waals surface area contributed by atoms with E-state index in [9.17, 15) is 14.0 Å². The lowest BCUT2D eigenvalue weighted by atomic mass is 9.92. The van der Waals surface area contributed by atoms with Crippen LogP contribution < -0.4 is 10.6 Å². The molecule has 0 radical (unpaired) electrons. The first-order valence-corrected chi connectivity index (χ1v) is 10.2. The summed E-state index contributed by atoms with van der Waals surface area (Å²) in [5.74, 6) is -1.10. The minimum Gasteiger partial charge on any atom is -0.349 e. The summed E-state index contributed by atoms with van der Waals surface area (Å²) in [7, 11) is 0. The molecule has 2 N–H and O–H groups in total. The van der Waals surface area contributed by atoms with E-state index in [1.54, 1.807) is 36.7 Å². The van der Waals surface area contributed by atoms with Crippen LogP contribution in [0.2, 0.25) is 0 Å². The van der Waals surface area contributed by atoms with Crippen molar-refractivity contribution < 1.29 is 14.0 Å². The summed E-state index contributed by atoms with van der Waals surface area (Å²) in [6, 6.07) is 8.49. The molecule has 1 fully saturated rings. The van der Waals surface area contributed by atoms with Gasteiger partial charge in [-0.3, -0.25) is 14.9 Å². The zero-order valence-corrected chi connectivity index (χ0v) is 16.9. The van der Waals surface area contributed by atoms with Crippen molar-refractivity contribution in [2.75, 3.05) is 5.32 Å². The number of aromatic nitrogens is 1. The normalized spacial score (nSPS) is 13.2. The van der Waals surface area contributed by atoms with Gasteiger partial charge in [0.25, 0.3) is 11.8 Å². The third-order valence-electron chi connectivity index (χ3n) is 4.88. The lowest BCUT2D eigenvalue weighted by Gasteiger charge is -2.15. The number of thiazole rings is 1. The van der Waals surface area contributed by atoms with Gasteiger partial charge in [-0.2, -0.15) is 0 Å². The number of hydrogen-bond acceptors (Lipinski definition) is 4. The summed E-state index contributed by atoms with van der Waals surface area (Å²) < 4.78 is 14.7. The Morgan fingerprint density at radius 3 is 2.59 bits per heavy atom. The fourth-order valence-electron chi connectivity index (χ4n) is 3.12. The second kappa shape index (κ2) is 7.75. The molecule has 2 aromatic carbocycles. The Morgan fingerprint density at radius 2 is 1.90 bits per heavy atom. The highest BCUT2D eigenvalue weighted by molar-refractivity contribution is 7.13. The third-order valence-corrected chi connectivity index (χ3v) is 5.57. The van der Waals surface area contributed by atoms with E-state index in [1.807, 2.05) is 13.0 Å². The third kappa shape index (κ3) is 4.19. The molecule has 1 aliphatic carbocycles. The van der Waals surface area contributed by atoms with Gasteiger partial charge in [0.05, 0.1) is 0 Å². The topological polar surface area (TPSA) is 71.1 Å². The molecule has 0 saturated heterocycles. The molecule has 0 bridgehead atoms. The van der Waals surface area contributed by atoms with Gasteiger partial charge in [0, 0.05) is 28.7 Å². The van der Waals surface area contributed by atoms with Crippen LogP contribution in [0.5, 0.6) is 0 Å². The van der Waals surface area contributed by atoms with Crippen LogP contribution in [-0.2, 0) is 0 Å². The molecule has 5 nitrogen and oxygen atoms in total. The van der Waals surface area contributed by atoms with E-state index in [1.165, 1.54) is 17.4 Å². The minimum atomic E-state index is -0.477. The molecule has 4 rings (SSSR count). The molecule has 1 aromatic heterocycles. The van der Waals surface area contributed by atoms with Crippen molar-refractivity contribution in [2.45, 2.75) is 32.7 Å². The van der Waals surface area contributed by atoms with Gasteiger partial charge in [-0.25, -0.2) is 9.37 Å². The summed E-state index contributed by atoms with van der Waals surface area (Å²) in [4.78, 5) is 29.5. The predicted molar refractivity (Wildman–Crippen MR) is 112 cm³/mol. The Morgan fingerprint density at radius 1 is 1.10 bits per heavy atom. The Labute approximate surface area is 172 Å². The van der Waals surface area contributed by atoms with Crippen LogP contribution >= 0.6 is 11.3 Å². The van der Waals surface area contributed by atoms with Crippen molar-refractivity contribution in [3.63, 3.8) is 0 Å². The van der Waals surface area contributed by atoms with Crippen LogP contribution in [0.25, 0.3) is 11.1 Å². The molecular weight excluding hydrogens is 389 g/mol. The molecule has 0 aliphatic heterocycles. The van der Waals surface area contributed by atoms with Crippen molar-refractivity contribution in [3.8, 4) is 11.1 Å². The van der Waals surface area contributed by atoms with Gasteiger partial charge in [-0.1, -0.05) is 17.7 Å². The van der Waals surface area contributed by atoms with Crippen LogP contribution in [-0.4, -0.2) is 22.8 Å². The molecular formula is C22H20FN3O2S. The Kier molecular flexibility index (Phi) is 5.15. The Hall–Kier alpha value is -3.06. The largest absolute Gasteiger partial charge is 0.349 e. The fraction of sp³-hybridized carbons (Fsp3) is 0.227. The fourth-order valence-corrected chi connectivity index (χ4v) is 3.64. The van der Waals surface area contributed by atoms with E-state index in [0.717, 1.165) is 18.4 Å². The average molecular weight is 409 g/mol. The number of hydrogen-bond donors (Lipinski definition) is 2. The summed E-state index contributed by atoms with van der Waals surface area (Å²) >= 11 is 1.32. The summed E-state index contributed by atoms with van der Waals surface area (Å²) in [6.07, 6.45) is 3.51. The highest BCUT2D eigenvalue weighted by Gasteiger charge is 2.25. The standard InChI is InChI=1S/C22H20FN3O2S/c1-12-3-6-16(18(9-12)21(28)26-22-24-7-8-29-22)17-10-14(11-19(23)13(17)2)20(27)25-15-4-5-15/h3,6-11,15H,4-5H2,1-2H3,(H,25,27)(H,24,26,28). The molecule has 1 heterocycles. The minimum absolute atomic E-state index is 0.175. The zero-order chi connectivity index (χ0) is 20.5. The molecule has 0 atom stereocenters. The zero-order valence-electron chi connectivity index (χ0n) is 16.1. The smallest absolute Gasteiger partial charge is 0.258 e. The quantitative estimate of drug-likeness (QED) is 0.641. The highest BCUT2D eigenvalue weighted by atomic mass is 32.1. The highest BCUT2D eigenvalue weighted by Crippen LogP contribution is 2.31. The van der Waals surface area contributed by atoms with E-state index in [4.69, 9.17) is 0 Å². The van der Waals surface area contributed by atoms with E-state index in [-0.39, 0.29) is 23.4 Å². The maximum Gasteiger partial charge on any atom is 0.258 e. The van der Waals surface area contributed by atoms with Gasteiger partial charge >= 0.3 is 0 Å². The monoisotopic (exact) mass is 409 g/mol. The van der Waals surface area contributed by atoms with Crippen LogP contribution in [0.1, 0.15) is 44.7 Å². The first kappa shape index (κ1) is 19.3. The maximum atomic E-state index is 14.7. The second-order valence-corrected chi connectivity index (χ2v) is 8.11. The molecule has 2 amide bonds. The number of nitrogens with zero attached hydrogens (tertiary/aromatic N) is 1. The number of benzene rings is 2. The molecule has 1 aliphatic rings. The summed E-state index contributed by atoms with van der Waals surface area (Å²) in [5.41, 5.74) is 3.04. The van der Waals surface area contributed by atoms with E-state index in [0.29, 0.717) is 27.4 Å². The number of amides is 2. The van der Waals surface area contributed by atoms with Gasteiger partial charge in [-0.15, -0.1) is 11.3 Å². The first-order valence-electron chi connectivity index (χ1n) is 9.35.